The number of benzene rings is 1. The molecule has 1 unspecified atom stereocenters. The van der Waals surface area contributed by atoms with E-state index in [9.17, 15) is 9.90 Å². The van der Waals surface area contributed by atoms with Crippen molar-refractivity contribution < 1.29 is 14.6 Å². The van der Waals surface area contributed by atoms with Crippen LogP contribution < -0.4 is 5.32 Å². The first-order chi connectivity index (χ1) is 9.55. The highest BCUT2D eigenvalue weighted by atomic mass is 16.5. The molecule has 0 saturated carbocycles. The highest BCUT2D eigenvalue weighted by molar-refractivity contribution is 5.80. The average Bonchev–Trinajstić information content (AvgIpc) is 2.46. The van der Waals surface area contributed by atoms with Crippen molar-refractivity contribution in [3.63, 3.8) is 0 Å². The number of ether oxygens (including phenoxy) is 1. The standard InChI is InChI=1S/C16H23NO3/c1-12-5-3-4-6-14(12)16(7-9-20-10-8-16)11-17-15(19)13(2)18/h3-6,13,18H,7-11H2,1-2H3,(H,17,19). The molecular weight excluding hydrogens is 254 g/mol. The first kappa shape index (κ1) is 15.0. The smallest absolute Gasteiger partial charge is 0.248 e. The van der Waals surface area contributed by atoms with Crippen LogP contribution in [0.4, 0.5) is 0 Å². The van der Waals surface area contributed by atoms with Crippen LogP contribution in [0.5, 0.6) is 0 Å². The second-order valence-electron chi connectivity index (χ2n) is 5.60. The number of amides is 1. The minimum atomic E-state index is -0.969. The molecule has 110 valence electrons. The second kappa shape index (κ2) is 6.37. The molecule has 4 heteroatoms. The van der Waals surface area contributed by atoms with Gasteiger partial charge in [-0.15, -0.1) is 0 Å². The summed E-state index contributed by atoms with van der Waals surface area (Å²) >= 11 is 0. The Morgan fingerprint density at radius 1 is 1.40 bits per heavy atom. The summed E-state index contributed by atoms with van der Waals surface area (Å²) in [6.07, 6.45) is 0.805. The topological polar surface area (TPSA) is 58.6 Å². The van der Waals surface area contributed by atoms with Crippen LogP contribution >= 0.6 is 0 Å². The molecule has 1 aliphatic rings. The zero-order chi connectivity index (χ0) is 14.6. The molecule has 4 nitrogen and oxygen atoms in total. The SMILES string of the molecule is Cc1ccccc1C1(CNC(=O)C(C)O)CCOCC1. The molecule has 1 fully saturated rings. The third-order valence-electron chi connectivity index (χ3n) is 4.15. The molecule has 1 aromatic carbocycles. The lowest BCUT2D eigenvalue weighted by Gasteiger charge is -2.39. The van der Waals surface area contributed by atoms with Crippen LogP contribution in [0.25, 0.3) is 0 Å². The number of aliphatic hydroxyl groups is 1. The Balaban J connectivity index is 2.22. The minimum absolute atomic E-state index is 0.0891. The molecule has 2 rings (SSSR count). The zero-order valence-corrected chi connectivity index (χ0v) is 12.2. The lowest BCUT2D eigenvalue weighted by atomic mass is 9.72. The lowest BCUT2D eigenvalue weighted by Crippen LogP contribution is -2.47. The first-order valence-corrected chi connectivity index (χ1v) is 7.15. The number of hydrogen-bond acceptors (Lipinski definition) is 3. The van der Waals surface area contributed by atoms with Crippen molar-refractivity contribution in [3.05, 3.63) is 35.4 Å². The van der Waals surface area contributed by atoms with E-state index in [0.29, 0.717) is 19.8 Å². The molecule has 20 heavy (non-hydrogen) atoms. The summed E-state index contributed by atoms with van der Waals surface area (Å²) in [5.74, 6) is -0.315. The molecule has 1 saturated heterocycles. The normalized spacial score (nSPS) is 19.4. The van der Waals surface area contributed by atoms with Gasteiger partial charge in [-0.2, -0.15) is 0 Å². The number of rotatable bonds is 4. The zero-order valence-electron chi connectivity index (χ0n) is 12.2. The van der Waals surface area contributed by atoms with Crippen LogP contribution in [0.3, 0.4) is 0 Å². The van der Waals surface area contributed by atoms with E-state index >= 15 is 0 Å². The highest BCUT2D eigenvalue weighted by Gasteiger charge is 2.36. The van der Waals surface area contributed by atoms with Crippen molar-refractivity contribution in [2.45, 2.75) is 38.2 Å². The number of hydrogen-bond donors (Lipinski definition) is 2. The molecule has 0 aromatic heterocycles. The molecule has 0 bridgehead atoms. The Morgan fingerprint density at radius 2 is 2.05 bits per heavy atom. The molecule has 1 atom stereocenters. The van der Waals surface area contributed by atoms with Gasteiger partial charge in [0.25, 0.3) is 0 Å². The molecule has 1 aliphatic heterocycles. The van der Waals surface area contributed by atoms with Gasteiger partial charge in [-0.25, -0.2) is 0 Å². The van der Waals surface area contributed by atoms with Crippen molar-refractivity contribution in [2.75, 3.05) is 19.8 Å². The molecule has 1 amide bonds. The van der Waals surface area contributed by atoms with E-state index in [0.717, 1.165) is 12.8 Å². The molecule has 0 spiro atoms. The maximum atomic E-state index is 11.7. The van der Waals surface area contributed by atoms with Gasteiger partial charge in [0.1, 0.15) is 6.10 Å². The number of aryl methyl sites for hydroxylation is 1. The van der Waals surface area contributed by atoms with Gasteiger partial charge in [0.2, 0.25) is 5.91 Å². The van der Waals surface area contributed by atoms with Crippen molar-refractivity contribution >= 4 is 5.91 Å². The van der Waals surface area contributed by atoms with Gasteiger partial charge in [-0.1, -0.05) is 24.3 Å². The molecule has 0 aliphatic carbocycles. The van der Waals surface area contributed by atoms with Gasteiger partial charge in [0, 0.05) is 25.2 Å². The van der Waals surface area contributed by atoms with E-state index in [1.807, 2.05) is 12.1 Å². The van der Waals surface area contributed by atoms with E-state index in [4.69, 9.17) is 4.74 Å². The van der Waals surface area contributed by atoms with Crippen LogP contribution in [0.15, 0.2) is 24.3 Å². The number of carbonyl (C=O) groups excluding carboxylic acids is 1. The Kier molecular flexibility index (Phi) is 4.78. The van der Waals surface area contributed by atoms with E-state index < -0.39 is 6.10 Å². The van der Waals surface area contributed by atoms with Crippen molar-refractivity contribution in [1.29, 1.82) is 0 Å². The molecule has 0 radical (unpaired) electrons. The van der Waals surface area contributed by atoms with Crippen molar-refractivity contribution in [1.82, 2.24) is 5.32 Å². The van der Waals surface area contributed by atoms with Crippen LogP contribution in [0, 0.1) is 6.92 Å². The second-order valence-corrected chi connectivity index (χ2v) is 5.60. The highest BCUT2D eigenvalue weighted by Crippen LogP contribution is 2.36. The minimum Gasteiger partial charge on any atom is -0.384 e. The van der Waals surface area contributed by atoms with E-state index in [2.05, 4.69) is 24.4 Å². The maximum absolute atomic E-state index is 11.7. The summed E-state index contributed by atoms with van der Waals surface area (Å²) < 4.78 is 5.48. The molecular formula is C16H23NO3. The Bertz CT molecular complexity index is 465. The summed E-state index contributed by atoms with van der Waals surface area (Å²) in [7, 11) is 0. The lowest BCUT2D eigenvalue weighted by molar-refractivity contribution is -0.128. The Labute approximate surface area is 120 Å². The fourth-order valence-corrected chi connectivity index (χ4v) is 2.88. The van der Waals surface area contributed by atoms with E-state index in [1.165, 1.54) is 18.1 Å². The average molecular weight is 277 g/mol. The van der Waals surface area contributed by atoms with E-state index in [-0.39, 0.29) is 11.3 Å². The summed E-state index contributed by atoms with van der Waals surface area (Å²) in [6.45, 7) is 5.55. The molecule has 2 N–H and O–H groups in total. The number of nitrogens with one attached hydrogen (secondary N) is 1. The molecule has 1 aromatic rings. The van der Waals surface area contributed by atoms with Crippen LogP contribution in [0.1, 0.15) is 30.9 Å². The summed E-state index contributed by atoms with van der Waals surface area (Å²) in [5.41, 5.74) is 2.42. The van der Waals surface area contributed by atoms with Crippen LogP contribution in [-0.2, 0) is 14.9 Å². The first-order valence-electron chi connectivity index (χ1n) is 7.15. The Morgan fingerprint density at radius 3 is 2.65 bits per heavy atom. The maximum Gasteiger partial charge on any atom is 0.248 e. The van der Waals surface area contributed by atoms with Crippen molar-refractivity contribution in [2.24, 2.45) is 0 Å². The van der Waals surface area contributed by atoms with Gasteiger partial charge in [-0.05, 0) is 37.8 Å². The summed E-state index contributed by atoms with van der Waals surface area (Å²) in [4.78, 5) is 11.7. The van der Waals surface area contributed by atoms with Gasteiger partial charge >= 0.3 is 0 Å². The third-order valence-corrected chi connectivity index (χ3v) is 4.15. The van der Waals surface area contributed by atoms with E-state index in [1.54, 1.807) is 0 Å². The Hall–Kier alpha value is -1.39. The monoisotopic (exact) mass is 277 g/mol. The van der Waals surface area contributed by atoms with Crippen molar-refractivity contribution in [3.8, 4) is 0 Å². The largest absolute Gasteiger partial charge is 0.384 e. The quantitative estimate of drug-likeness (QED) is 0.877. The van der Waals surface area contributed by atoms with Gasteiger partial charge in [0.05, 0.1) is 0 Å². The van der Waals surface area contributed by atoms with Gasteiger partial charge in [-0.3, -0.25) is 4.79 Å². The predicted molar refractivity (Wildman–Crippen MR) is 77.6 cm³/mol. The fourth-order valence-electron chi connectivity index (χ4n) is 2.88. The molecule has 1 heterocycles. The number of aliphatic hydroxyl groups excluding tert-OH is 1. The van der Waals surface area contributed by atoms with Gasteiger partial charge < -0.3 is 15.2 Å². The van der Waals surface area contributed by atoms with Gasteiger partial charge in [0.15, 0.2) is 0 Å². The van der Waals surface area contributed by atoms with Crippen LogP contribution in [-0.4, -0.2) is 36.9 Å². The predicted octanol–water partition coefficient (Wildman–Crippen LogP) is 1.54. The summed E-state index contributed by atoms with van der Waals surface area (Å²) in [5, 5.41) is 12.2. The third kappa shape index (κ3) is 3.19. The van der Waals surface area contributed by atoms with Crippen LogP contribution in [0.2, 0.25) is 0 Å². The number of carbonyl (C=O) groups is 1. The summed E-state index contributed by atoms with van der Waals surface area (Å²) in [6, 6.07) is 8.30. The fraction of sp³-hybridized carbons (Fsp3) is 0.562.